The van der Waals surface area contributed by atoms with Gasteiger partial charge in [0.15, 0.2) is 0 Å². The first-order chi connectivity index (χ1) is 8.83. The van der Waals surface area contributed by atoms with E-state index in [4.69, 9.17) is 0 Å². The van der Waals surface area contributed by atoms with Crippen LogP contribution in [0.1, 0.15) is 38.2 Å². The van der Waals surface area contributed by atoms with Crippen LogP contribution in [-0.2, 0) is 4.79 Å². The molecule has 0 unspecified atom stereocenters. The molecule has 0 saturated carbocycles. The van der Waals surface area contributed by atoms with E-state index < -0.39 is 0 Å². The van der Waals surface area contributed by atoms with E-state index >= 15 is 0 Å². The molecule has 0 aliphatic heterocycles. The van der Waals surface area contributed by atoms with Crippen molar-refractivity contribution in [2.24, 2.45) is 0 Å². The lowest BCUT2D eigenvalue weighted by atomic mass is 10.1. The molecule has 0 aliphatic carbocycles. The summed E-state index contributed by atoms with van der Waals surface area (Å²) in [6, 6.07) is 5.15. The number of rotatable bonds is 4. The first kappa shape index (κ1) is 15.1. The van der Waals surface area contributed by atoms with Crippen molar-refractivity contribution in [2.75, 3.05) is 13.1 Å². The molecule has 0 aliphatic rings. The largest absolute Gasteiger partial charge is 0.350 e. The van der Waals surface area contributed by atoms with Gasteiger partial charge in [-0.2, -0.15) is 0 Å². The minimum Gasteiger partial charge on any atom is -0.350 e. The molecule has 0 atom stereocenters. The van der Waals surface area contributed by atoms with Gasteiger partial charge < -0.3 is 10.2 Å². The van der Waals surface area contributed by atoms with Crippen molar-refractivity contribution in [3.63, 3.8) is 0 Å². The van der Waals surface area contributed by atoms with Crippen LogP contribution in [0, 0.1) is 0 Å². The Morgan fingerprint density at radius 2 is 2.00 bits per heavy atom. The molecule has 0 bridgehead atoms. The highest BCUT2D eigenvalue weighted by Crippen LogP contribution is 2.03. The van der Waals surface area contributed by atoms with Gasteiger partial charge in [-0.1, -0.05) is 6.07 Å². The third-order valence-corrected chi connectivity index (χ3v) is 2.40. The Morgan fingerprint density at radius 3 is 2.47 bits per heavy atom. The molecule has 0 aromatic carbocycles. The van der Waals surface area contributed by atoms with Crippen molar-refractivity contribution in [2.45, 2.75) is 33.2 Å². The SMILES string of the molecule is CCN(CC(=O)NC(C)(C)C)C(=O)c1ccccn1. The molecule has 5 heteroatoms. The van der Waals surface area contributed by atoms with Crippen LogP contribution in [0.4, 0.5) is 0 Å². The second-order valence-electron chi connectivity index (χ2n) is 5.33. The molecule has 2 amide bonds. The number of likely N-dealkylation sites (N-methyl/N-ethyl adjacent to an activating group) is 1. The van der Waals surface area contributed by atoms with Crippen molar-refractivity contribution in [1.29, 1.82) is 0 Å². The molecular weight excluding hydrogens is 242 g/mol. The van der Waals surface area contributed by atoms with Gasteiger partial charge in [-0.15, -0.1) is 0 Å². The number of carbonyl (C=O) groups is 2. The van der Waals surface area contributed by atoms with Gasteiger partial charge in [0.1, 0.15) is 5.69 Å². The fraction of sp³-hybridized carbons (Fsp3) is 0.500. The van der Waals surface area contributed by atoms with Crippen LogP contribution in [0.5, 0.6) is 0 Å². The summed E-state index contributed by atoms with van der Waals surface area (Å²) in [5.41, 5.74) is 0.0535. The fourth-order valence-corrected chi connectivity index (χ4v) is 1.61. The van der Waals surface area contributed by atoms with Crippen molar-refractivity contribution >= 4 is 11.8 Å². The van der Waals surface area contributed by atoms with Gasteiger partial charge in [-0.25, -0.2) is 0 Å². The average Bonchev–Trinajstić information content (AvgIpc) is 2.34. The van der Waals surface area contributed by atoms with Crippen LogP contribution in [0.3, 0.4) is 0 Å². The van der Waals surface area contributed by atoms with Gasteiger partial charge in [0.2, 0.25) is 5.91 Å². The number of aromatic nitrogens is 1. The lowest BCUT2D eigenvalue weighted by Gasteiger charge is -2.24. The maximum Gasteiger partial charge on any atom is 0.272 e. The monoisotopic (exact) mass is 263 g/mol. The fourth-order valence-electron chi connectivity index (χ4n) is 1.61. The van der Waals surface area contributed by atoms with Crippen LogP contribution in [0.15, 0.2) is 24.4 Å². The third kappa shape index (κ3) is 5.07. The lowest BCUT2D eigenvalue weighted by Crippen LogP contribution is -2.47. The second-order valence-corrected chi connectivity index (χ2v) is 5.33. The van der Waals surface area contributed by atoms with Crippen LogP contribution in [0.2, 0.25) is 0 Å². The maximum absolute atomic E-state index is 12.2. The quantitative estimate of drug-likeness (QED) is 0.894. The Kier molecular flexibility index (Phi) is 5.03. The summed E-state index contributed by atoms with van der Waals surface area (Å²) < 4.78 is 0. The molecule has 5 nitrogen and oxygen atoms in total. The summed E-state index contributed by atoms with van der Waals surface area (Å²) in [6.45, 7) is 8.06. The number of hydrogen-bond donors (Lipinski definition) is 1. The highest BCUT2D eigenvalue weighted by molar-refractivity contribution is 5.94. The molecule has 104 valence electrons. The molecule has 19 heavy (non-hydrogen) atoms. The number of carbonyl (C=O) groups excluding carboxylic acids is 2. The van der Waals surface area contributed by atoms with Crippen molar-refractivity contribution in [3.05, 3.63) is 30.1 Å². The maximum atomic E-state index is 12.2. The summed E-state index contributed by atoms with van der Waals surface area (Å²) >= 11 is 0. The number of pyridine rings is 1. The number of nitrogens with zero attached hydrogens (tertiary/aromatic N) is 2. The van der Waals surface area contributed by atoms with Crippen LogP contribution in [0.25, 0.3) is 0 Å². The third-order valence-electron chi connectivity index (χ3n) is 2.40. The molecular formula is C14H21N3O2. The first-order valence-corrected chi connectivity index (χ1v) is 6.35. The zero-order chi connectivity index (χ0) is 14.5. The Hall–Kier alpha value is -1.91. The minimum absolute atomic E-state index is 0.0448. The van der Waals surface area contributed by atoms with E-state index in [1.165, 1.54) is 4.90 Å². The van der Waals surface area contributed by atoms with E-state index in [-0.39, 0.29) is 23.9 Å². The van der Waals surface area contributed by atoms with E-state index in [1.807, 2.05) is 27.7 Å². The van der Waals surface area contributed by atoms with Crippen LogP contribution in [-0.4, -0.2) is 40.3 Å². The molecule has 0 fully saturated rings. The number of nitrogens with one attached hydrogen (secondary N) is 1. The summed E-state index contributed by atoms with van der Waals surface area (Å²) in [4.78, 5) is 29.5. The predicted molar refractivity (Wildman–Crippen MR) is 73.7 cm³/mol. The Balaban J connectivity index is 2.69. The summed E-state index contributed by atoms with van der Waals surface area (Å²) in [5, 5.41) is 2.84. The zero-order valence-corrected chi connectivity index (χ0v) is 11.9. The van der Waals surface area contributed by atoms with Gasteiger partial charge in [-0.05, 0) is 39.8 Å². The Bertz CT molecular complexity index is 438. The Labute approximate surface area is 114 Å². The Morgan fingerprint density at radius 1 is 1.32 bits per heavy atom. The van der Waals surface area contributed by atoms with E-state index in [9.17, 15) is 9.59 Å². The summed E-state index contributed by atoms with van der Waals surface area (Å²) in [7, 11) is 0. The van der Waals surface area contributed by atoms with E-state index in [1.54, 1.807) is 24.4 Å². The standard InChI is InChI=1S/C14H21N3O2/c1-5-17(10-12(18)16-14(2,3)4)13(19)11-8-6-7-9-15-11/h6-9H,5,10H2,1-4H3,(H,16,18). The highest BCUT2D eigenvalue weighted by Gasteiger charge is 2.20. The zero-order valence-electron chi connectivity index (χ0n) is 11.9. The second kappa shape index (κ2) is 6.31. The van der Waals surface area contributed by atoms with Gasteiger partial charge in [0, 0.05) is 18.3 Å². The first-order valence-electron chi connectivity index (χ1n) is 6.35. The molecule has 0 saturated heterocycles. The number of hydrogen-bond acceptors (Lipinski definition) is 3. The molecule has 1 heterocycles. The lowest BCUT2D eigenvalue weighted by molar-refractivity contribution is -0.123. The molecule has 0 radical (unpaired) electrons. The highest BCUT2D eigenvalue weighted by atomic mass is 16.2. The van der Waals surface area contributed by atoms with Gasteiger partial charge >= 0.3 is 0 Å². The van der Waals surface area contributed by atoms with E-state index in [0.717, 1.165) is 0 Å². The average molecular weight is 263 g/mol. The molecule has 1 aromatic heterocycles. The molecule has 1 N–H and O–H groups in total. The molecule has 1 aromatic rings. The van der Waals surface area contributed by atoms with Gasteiger partial charge in [-0.3, -0.25) is 14.6 Å². The normalized spacial score (nSPS) is 10.9. The summed E-state index contributed by atoms with van der Waals surface area (Å²) in [5.74, 6) is -0.397. The van der Waals surface area contributed by atoms with Crippen molar-refractivity contribution in [1.82, 2.24) is 15.2 Å². The summed E-state index contributed by atoms with van der Waals surface area (Å²) in [6.07, 6.45) is 1.57. The molecule has 0 spiro atoms. The van der Waals surface area contributed by atoms with E-state index in [2.05, 4.69) is 10.3 Å². The minimum atomic E-state index is -0.301. The smallest absolute Gasteiger partial charge is 0.272 e. The topological polar surface area (TPSA) is 62.3 Å². The van der Waals surface area contributed by atoms with Crippen molar-refractivity contribution < 1.29 is 9.59 Å². The van der Waals surface area contributed by atoms with Gasteiger partial charge in [0.05, 0.1) is 6.54 Å². The van der Waals surface area contributed by atoms with Gasteiger partial charge in [0.25, 0.3) is 5.91 Å². The van der Waals surface area contributed by atoms with E-state index in [0.29, 0.717) is 12.2 Å². The number of amides is 2. The van der Waals surface area contributed by atoms with Crippen molar-refractivity contribution in [3.8, 4) is 0 Å². The predicted octanol–water partition coefficient (Wildman–Crippen LogP) is 1.46. The van der Waals surface area contributed by atoms with Crippen LogP contribution < -0.4 is 5.32 Å². The molecule has 1 rings (SSSR count). The van der Waals surface area contributed by atoms with Crippen LogP contribution >= 0.6 is 0 Å².